The summed E-state index contributed by atoms with van der Waals surface area (Å²) in [7, 11) is 0. The molecule has 0 unspecified atom stereocenters. The molecule has 6 aromatic rings. The van der Waals surface area contributed by atoms with Gasteiger partial charge in [-0.05, 0) is 29.3 Å². The van der Waals surface area contributed by atoms with Gasteiger partial charge in [0, 0.05) is 28.1 Å². The van der Waals surface area contributed by atoms with Crippen LogP contribution in [0.4, 0.5) is 0 Å². The van der Waals surface area contributed by atoms with Gasteiger partial charge in [-0.2, -0.15) is 15.8 Å². The fourth-order valence-corrected chi connectivity index (χ4v) is 5.10. The third-order valence-electron chi connectivity index (χ3n) is 6.59. The minimum Gasteiger partial charge on any atom is -0.291 e. The van der Waals surface area contributed by atoms with Crippen LogP contribution in [0.15, 0.2) is 103 Å². The zero-order chi connectivity index (χ0) is 25.4. The van der Waals surface area contributed by atoms with Crippen molar-refractivity contribution in [2.75, 3.05) is 0 Å². The van der Waals surface area contributed by atoms with Gasteiger partial charge in [0.25, 0.3) is 0 Å². The van der Waals surface area contributed by atoms with E-state index in [2.05, 4.69) is 23.2 Å². The smallest absolute Gasteiger partial charge is 0.145 e. The SMILES string of the molecule is N#Cc1c(-c2ccccc2)c(C#N)c(-n2c3ccccc3c3cccnc32)c(C#N)c1-c1ccccc1. The minimum atomic E-state index is 0.257. The maximum absolute atomic E-state index is 10.6. The summed E-state index contributed by atoms with van der Waals surface area (Å²) in [6, 6.07) is 37.6. The van der Waals surface area contributed by atoms with Crippen molar-refractivity contribution >= 4 is 21.9 Å². The fourth-order valence-electron chi connectivity index (χ4n) is 5.10. The van der Waals surface area contributed by atoms with Gasteiger partial charge in [0.2, 0.25) is 0 Å². The Balaban J connectivity index is 1.92. The second-order valence-corrected chi connectivity index (χ2v) is 8.52. The van der Waals surface area contributed by atoms with Gasteiger partial charge in [-0.1, -0.05) is 78.9 Å². The summed E-state index contributed by atoms with van der Waals surface area (Å²) in [6.45, 7) is 0. The Morgan fingerprint density at radius 1 is 0.541 bits per heavy atom. The van der Waals surface area contributed by atoms with Crippen molar-refractivity contribution in [2.45, 2.75) is 0 Å². The van der Waals surface area contributed by atoms with Gasteiger partial charge in [0.05, 0.1) is 27.9 Å². The number of nitrogens with zero attached hydrogens (tertiary/aromatic N) is 5. The van der Waals surface area contributed by atoms with Crippen molar-refractivity contribution in [2.24, 2.45) is 0 Å². The quantitative estimate of drug-likeness (QED) is 0.275. The van der Waals surface area contributed by atoms with Crippen molar-refractivity contribution in [3.8, 4) is 46.1 Å². The Morgan fingerprint density at radius 2 is 1.05 bits per heavy atom. The summed E-state index contributed by atoms with van der Waals surface area (Å²) in [5.74, 6) is 0. The van der Waals surface area contributed by atoms with Gasteiger partial charge < -0.3 is 0 Å². The van der Waals surface area contributed by atoms with Crippen LogP contribution in [0.2, 0.25) is 0 Å². The van der Waals surface area contributed by atoms with E-state index >= 15 is 0 Å². The van der Waals surface area contributed by atoms with Crippen LogP contribution in [0.5, 0.6) is 0 Å². The topological polar surface area (TPSA) is 89.2 Å². The molecule has 37 heavy (non-hydrogen) atoms. The van der Waals surface area contributed by atoms with Gasteiger partial charge in [0.1, 0.15) is 23.9 Å². The molecule has 0 N–H and O–H groups in total. The maximum Gasteiger partial charge on any atom is 0.145 e. The van der Waals surface area contributed by atoms with Crippen LogP contribution in [0.1, 0.15) is 16.7 Å². The van der Waals surface area contributed by atoms with Crippen LogP contribution < -0.4 is 0 Å². The molecule has 0 radical (unpaired) electrons. The Morgan fingerprint density at radius 3 is 1.62 bits per heavy atom. The molecule has 0 aliphatic heterocycles. The number of nitriles is 3. The lowest BCUT2D eigenvalue weighted by molar-refractivity contribution is 1.12. The molecule has 0 saturated carbocycles. The molecule has 0 spiro atoms. The summed E-state index contributed by atoms with van der Waals surface area (Å²) >= 11 is 0. The first-order valence-electron chi connectivity index (χ1n) is 11.7. The second kappa shape index (κ2) is 8.82. The molecule has 5 nitrogen and oxygen atoms in total. The van der Waals surface area contributed by atoms with Gasteiger partial charge >= 0.3 is 0 Å². The van der Waals surface area contributed by atoms with Gasteiger partial charge in [-0.15, -0.1) is 0 Å². The maximum atomic E-state index is 10.6. The molecule has 5 heteroatoms. The highest BCUT2D eigenvalue weighted by Gasteiger charge is 2.29. The van der Waals surface area contributed by atoms with Crippen LogP contribution >= 0.6 is 0 Å². The van der Waals surface area contributed by atoms with E-state index in [-0.39, 0.29) is 11.1 Å². The average Bonchev–Trinajstić information content (AvgIpc) is 3.30. The summed E-state index contributed by atoms with van der Waals surface area (Å²) in [4.78, 5) is 4.67. The van der Waals surface area contributed by atoms with E-state index in [1.165, 1.54) is 0 Å². The summed E-state index contributed by atoms with van der Waals surface area (Å²) in [6.07, 6.45) is 1.70. The summed E-state index contributed by atoms with van der Waals surface area (Å²) < 4.78 is 1.89. The van der Waals surface area contributed by atoms with Gasteiger partial charge in [0.15, 0.2) is 0 Å². The number of hydrogen-bond donors (Lipinski definition) is 0. The van der Waals surface area contributed by atoms with E-state index in [9.17, 15) is 15.8 Å². The predicted octanol–water partition coefficient (Wildman–Crippen LogP) is 7.13. The van der Waals surface area contributed by atoms with Crippen molar-refractivity contribution < 1.29 is 0 Å². The number of fused-ring (bicyclic) bond motifs is 3. The van der Waals surface area contributed by atoms with Crippen LogP contribution in [0.25, 0.3) is 49.9 Å². The highest BCUT2D eigenvalue weighted by atomic mass is 15.1. The van der Waals surface area contributed by atoms with Crippen molar-refractivity contribution in [1.29, 1.82) is 15.8 Å². The number of hydrogen-bond acceptors (Lipinski definition) is 4. The van der Waals surface area contributed by atoms with E-state index < -0.39 is 0 Å². The molecular weight excluding hydrogens is 454 g/mol. The zero-order valence-corrected chi connectivity index (χ0v) is 19.6. The first-order chi connectivity index (χ1) is 18.3. The summed E-state index contributed by atoms with van der Waals surface area (Å²) in [5, 5.41) is 33.5. The highest BCUT2D eigenvalue weighted by molar-refractivity contribution is 6.09. The summed E-state index contributed by atoms with van der Waals surface area (Å²) in [5.41, 5.74) is 5.15. The van der Waals surface area contributed by atoms with Crippen molar-refractivity contribution in [3.63, 3.8) is 0 Å². The molecule has 0 saturated heterocycles. The number of pyridine rings is 1. The van der Waals surface area contributed by atoms with E-state index in [1.54, 1.807) is 6.20 Å². The largest absolute Gasteiger partial charge is 0.291 e. The Labute approximate surface area is 213 Å². The van der Waals surface area contributed by atoms with Crippen LogP contribution in [0.3, 0.4) is 0 Å². The lowest BCUT2D eigenvalue weighted by Gasteiger charge is -2.20. The first-order valence-corrected chi connectivity index (χ1v) is 11.7. The van der Waals surface area contributed by atoms with E-state index in [0.29, 0.717) is 28.0 Å². The lowest BCUT2D eigenvalue weighted by atomic mass is 9.84. The average molecular weight is 472 g/mol. The van der Waals surface area contributed by atoms with Crippen molar-refractivity contribution in [1.82, 2.24) is 9.55 Å². The van der Waals surface area contributed by atoms with E-state index in [1.807, 2.05) is 102 Å². The standard InChI is InChI=1S/C32H17N5/c33-18-25-29(21-10-3-1-4-11-21)26(19-34)31(27(20-35)30(25)22-12-5-2-6-13-22)37-28-16-8-7-14-23(28)24-15-9-17-36-32(24)37/h1-17H. The lowest BCUT2D eigenvalue weighted by Crippen LogP contribution is -2.08. The zero-order valence-electron chi connectivity index (χ0n) is 19.6. The molecule has 2 aromatic heterocycles. The van der Waals surface area contributed by atoms with Gasteiger partial charge in [-0.3, -0.25) is 4.57 Å². The molecule has 0 aliphatic carbocycles. The molecule has 0 fully saturated rings. The van der Waals surface area contributed by atoms with Crippen LogP contribution in [-0.4, -0.2) is 9.55 Å². The monoisotopic (exact) mass is 471 g/mol. The second-order valence-electron chi connectivity index (χ2n) is 8.52. The predicted molar refractivity (Wildman–Crippen MR) is 144 cm³/mol. The van der Waals surface area contributed by atoms with Gasteiger partial charge in [-0.25, -0.2) is 4.98 Å². The third kappa shape index (κ3) is 3.26. The van der Waals surface area contributed by atoms with Crippen LogP contribution in [0, 0.1) is 34.0 Å². The molecule has 0 atom stereocenters. The highest BCUT2D eigenvalue weighted by Crippen LogP contribution is 2.43. The molecule has 0 bridgehead atoms. The first kappa shape index (κ1) is 21.8. The van der Waals surface area contributed by atoms with E-state index in [0.717, 1.165) is 27.4 Å². The number of aromatic nitrogens is 2. The molecule has 6 rings (SSSR count). The Bertz CT molecular complexity index is 1820. The molecule has 170 valence electrons. The molecule has 0 amide bonds. The minimum absolute atomic E-state index is 0.257. The van der Waals surface area contributed by atoms with Crippen LogP contribution in [-0.2, 0) is 0 Å². The number of para-hydroxylation sites is 1. The third-order valence-corrected chi connectivity index (χ3v) is 6.59. The van der Waals surface area contributed by atoms with E-state index in [4.69, 9.17) is 0 Å². The Hall–Kier alpha value is -5.70. The number of rotatable bonds is 3. The number of benzene rings is 4. The van der Waals surface area contributed by atoms with Crippen molar-refractivity contribution in [3.05, 3.63) is 120 Å². The molecule has 2 heterocycles. The Kier molecular flexibility index (Phi) is 5.20. The normalized spacial score (nSPS) is 10.6. The fraction of sp³-hybridized carbons (Fsp3) is 0. The molecule has 0 aliphatic rings. The molecule has 4 aromatic carbocycles. The molecular formula is C32H17N5.